The van der Waals surface area contributed by atoms with Gasteiger partial charge in [0.15, 0.2) is 17.4 Å². The predicted molar refractivity (Wildman–Crippen MR) is 46.3 cm³/mol. The van der Waals surface area contributed by atoms with Crippen LogP contribution in [0.1, 0.15) is 33.1 Å². The summed E-state index contributed by atoms with van der Waals surface area (Å²) < 4.78 is 0. The minimum absolute atomic E-state index is 0. The Kier molecular flexibility index (Phi) is 9.00. The Balaban J connectivity index is 0. The molecule has 0 bridgehead atoms. The first-order chi connectivity index (χ1) is 4.20. The highest BCUT2D eigenvalue weighted by molar-refractivity contribution is 5.75. The molecule has 0 saturated carbocycles. The van der Waals surface area contributed by atoms with Crippen molar-refractivity contribution in [2.45, 2.75) is 33.1 Å². The molecule has 0 fully saturated rings. The molecule has 0 aliphatic carbocycles. The molecule has 0 rings (SSSR count). The van der Waals surface area contributed by atoms with E-state index in [0.717, 1.165) is 12.8 Å². The quantitative estimate of drug-likeness (QED) is 0.615. The average Bonchev–Trinajstić information content (AvgIpc) is 1.82. The normalized spacial score (nSPS) is 9.10. The third kappa shape index (κ3) is 6.13. The smallest absolute Gasteiger partial charge is 0.303 e. The Labute approximate surface area is 72.8 Å². The van der Waals surface area contributed by atoms with Crippen LogP contribution < -0.4 is 0 Å². The van der Waals surface area contributed by atoms with Gasteiger partial charge in [0.05, 0.1) is 0 Å². The van der Waals surface area contributed by atoms with Gasteiger partial charge in [0.25, 0.3) is 0 Å². The van der Waals surface area contributed by atoms with Gasteiger partial charge in [-0.05, 0) is 5.92 Å². The van der Waals surface area contributed by atoms with Crippen molar-refractivity contribution in [2.24, 2.45) is 5.92 Å². The van der Waals surface area contributed by atoms with Crippen molar-refractivity contribution < 1.29 is 9.90 Å². The molecule has 60 valence electrons. The fourth-order valence-corrected chi connectivity index (χ4v) is 0.824. The van der Waals surface area contributed by atoms with E-state index >= 15 is 0 Å². The average molecular weight is 160 g/mol. The van der Waals surface area contributed by atoms with Gasteiger partial charge in [-0.2, -0.15) is 0 Å². The second-order valence-corrected chi connectivity index (χ2v) is 2.28. The standard InChI is InChI=1S/C7H14O2.Al.3H/c1-3-6(4-2)5-7(8)9;;;;/h6H,3-5H2,1-2H3,(H,8,9);;;;. The molecule has 0 amide bonds. The largest absolute Gasteiger partial charge is 0.481 e. The summed E-state index contributed by atoms with van der Waals surface area (Å²) in [7, 11) is 0. The molecule has 10 heavy (non-hydrogen) atoms. The van der Waals surface area contributed by atoms with E-state index in [1.54, 1.807) is 0 Å². The van der Waals surface area contributed by atoms with E-state index in [-0.39, 0.29) is 17.4 Å². The number of carboxylic acids is 1. The van der Waals surface area contributed by atoms with Crippen molar-refractivity contribution in [2.75, 3.05) is 0 Å². The number of rotatable bonds is 4. The maximum absolute atomic E-state index is 10.1. The third-order valence-corrected chi connectivity index (χ3v) is 1.62. The summed E-state index contributed by atoms with van der Waals surface area (Å²) in [4.78, 5) is 10.1. The van der Waals surface area contributed by atoms with Crippen molar-refractivity contribution in [3.8, 4) is 0 Å². The zero-order valence-corrected chi connectivity index (χ0v) is 6.05. The number of aliphatic carboxylic acids is 1. The Morgan fingerprint density at radius 3 is 1.90 bits per heavy atom. The van der Waals surface area contributed by atoms with Gasteiger partial charge in [0.1, 0.15) is 0 Å². The van der Waals surface area contributed by atoms with Crippen LogP contribution >= 0.6 is 0 Å². The molecule has 0 atom stereocenters. The summed E-state index contributed by atoms with van der Waals surface area (Å²) in [5.74, 6) is -0.300. The molecule has 0 unspecified atom stereocenters. The number of hydrogen-bond donors (Lipinski definition) is 1. The summed E-state index contributed by atoms with van der Waals surface area (Å²) >= 11 is 0. The van der Waals surface area contributed by atoms with E-state index in [2.05, 4.69) is 0 Å². The van der Waals surface area contributed by atoms with Crippen LogP contribution in [0.2, 0.25) is 0 Å². The highest BCUT2D eigenvalue weighted by Gasteiger charge is 2.07. The Morgan fingerprint density at radius 2 is 1.80 bits per heavy atom. The van der Waals surface area contributed by atoms with Crippen LogP contribution in [-0.2, 0) is 4.79 Å². The molecule has 0 aliphatic heterocycles. The molecule has 2 nitrogen and oxygen atoms in total. The molecule has 0 heterocycles. The summed E-state index contributed by atoms with van der Waals surface area (Å²) in [5, 5.41) is 8.35. The van der Waals surface area contributed by atoms with Crippen LogP contribution in [0.3, 0.4) is 0 Å². The summed E-state index contributed by atoms with van der Waals surface area (Å²) in [6.45, 7) is 4.05. The lowest BCUT2D eigenvalue weighted by molar-refractivity contribution is -0.138. The summed E-state index contributed by atoms with van der Waals surface area (Å²) in [6.07, 6.45) is 2.28. The minimum Gasteiger partial charge on any atom is -0.481 e. The topological polar surface area (TPSA) is 37.3 Å². The van der Waals surface area contributed by atoms with Crippen LogP contribution in [0.5, 0.6) is 0 Å². The Morgan fingerprint density at radius 1 is 1.40 bits per heavy atom. The van der Waals surface area contributed by atoms with Crippen LogP contribution in [0.15, 0.2) is 0 Å². The monoisotopic (exact) mass is 160 g/mol. The van der Waals surface area contributed by atoms with Gasteiger partial charge in [-0.25, -0.2) is 0 Å². The van der Waals surface area contributed by atoms with Gasteiger partial charge >= 0.3 is 5.97 Å². The molecule has 0 saturated heterocycles. The van der Waals surface area contributed by atoms with Crippen molar-refractivity contribution >= 4 is 23.3 Å². The molecular weight excluding hydrogens is 143 g/mol. The SMILES string of the molecule is CCC(CC)CC(=O)O.[AlH3]. The van der Waals surface area contributed by atoms with Gasteiger partial charge in [0.2, 0.25) is 0 Å². The van der Waals surface area contributed by atoms with Crippen LogP contribution in [0.4, 0.5) is 0 Å². The molecule has 0 radical (unpaired) electrons. The molecule has 3 heteroatoms. The van der Waals surface area contributed by atoms with E-state index < -0.39 is 5.97 Å². The second-order valence-electron chi connectivity index (χ2n) is 2.28. The lowest BCUT2D eigenvalue weighted by Gasteiger charge is -2.06. The number of carboxylic acid groups (broad SMARTS) is 1. The van der Waals surface area contributed by atoms with Crippen molar-refractivity contribution in [1.82, 2.24) is 0 Å². The Hall–Kier alpha value is 0.00247. The van der Waals surface area contributed by atoms with E-state index in [1.165, 1.54) is 0 Å². The first-order valence-electron chi connectivity index (χ1n) is 3.42. The predicted octanol–water partition coefficient (Wildman–Crippen LogP) is 0.713. The molecule has 0 spiro atoms. The van der Waals surface area contributed by atoms with Gasteiger partial charge in [0, 0.05) is 6.42 Å². The lowest BCUT2D eigenvalue weighted by atomic mass is 10.00. The first-order valence-corrected chi connectivity index (χ1v) is 3.42. The van der Waals surface area contributed by atoms with Crippen LogP contribution in [-0.4, -0.2) is 28.4 Å². The van der Waals surface area contributed by atoms with Gasteiger partial charge in [-0.15, -0.1) is 0 Å². The highest BCUT2D eigenvalue weighted by atomic mass is 27.0. The van der Waals surface area contributed by atoms with Gasteiger partial charge in [-0.3, -0.25) is 4.79 Å². The van der Waals surface area contributed by atoms with E-state index in [9.17, 15) is 4.79 Å². The molecule has 0 aromatic rings. The molecule has 0 aromatic carbocycles. The van der Waals surface area contributed by atoms with Crippen LogP contribution in [0, 0.1) is 5.92 Å². The highest BCUT2D eigenvalue weighted by Crippen LogP contribution is 2.11. The number of carbonyl (C=O) groups is 1. The van der Waals surface area contributed by atoms with E-state index in [4.69, 9.17) is 5.11 Å². The minimum atomic E-state index is -0.677. The summed E-state index contributed by atoms with van der Waals surface area (Å²) in [6, 6.07) is 0. The van der Waals surface area contributed by atoms with E-state index in [1.807, 2.05) is 13.8 Å². The number of hydrogen-bond acceptors (Lipinski definition) is 1. The van der Waals surface area contributed by atoms with Gasteiger partial charge in [-0.1, -0.05) is 26.7 Å². The van der Waals surface area contributed by atoms with Crippen LogP contribution in [0.25, 0.3) is 0 Å². The lowest BCUT2D eigenvalue weighted by Crippen LogP contribution is -2.05. The maximum Gasteiger partial charge on any atom is 0.303 e. The van der Waals surface area contributed by atoms with Crippen molar-refractivity contribution in [3.63, 3.8) is 0 Å². The van der Waals surface area contributed by atoms with E-state index in [0.29, 0.717) is 12.3 Å². The molecule has 0 aliphatic rings. The first kappa shape index (κ1) is 12.7. The fraction of sp³-hybridized carbons (Fsp3) is 0.857. The third-order valence-electron chi connectivity index (χ3n) is 1.62. The zero-order valence-electron chi connectivity index (χ0n) is 6.05. The molecular formula is C7H17AlO2. The van der Waals surface area contributed by atoms with Gasteiger partial charge < -0.3 is 5.11 Å². The van der Waals surface area contributed by atoms with Crippen molar-refractivity contribution in [3.05, 3.63) is 0 Å². The Bertz CT molecular complexity index is 89.6. The molecule has 1 N–H and O–H groups in total. The fourth-order valence-electron chi connectivity index (χ4n) is 0.824. The van der Waals surface area contributed by atoms with Crippen molar-refractivity contribution in [1.29, 1.82) is 0 Å². The maximum atomic E-state index is 10.1. The second kappa shape index (κ2) is 7.11. The zero-order chi connectivity index (χ0) is 7.28. The summed E-state index contributed by atoms with van der Waals surface area (Å²) in [5.41, 5.74) is 0. The molecule has 0 aromatic heterocycles.